The predicted octanol–water partition coefficient (Wildman–Crippen LogP) is 2.80. The van der Waals surface area contributed by atoms with E-state index in [-0.39, 0.29) is 0 Å². The van der Waals surface area contributed by atoms with Crippen LogP contribution < -0.4 is 5.32 Å². The van der Waals surface area contributed by atoms with Gasteiger partial charge in [-0.25, -0.2) is 4.98 Å². The van der Waals surface area contributed by atoms with Gasteiger partial charge in [0.2, 0.25) is 0 Å². The molecule has 3 rings (SSSR count). The molecule has 134 valence electrons. The number of aliphatic imine (C=N–C) groups is 1. The Bertz CT molecular complexity index is 635. The van der Waals surface area contributed by atoms with E-state index in [9.17, 15) is 0 Å². The van der Waals surface area contributed by atoms with Crippen LogP contribution in [0.3, 0.4) is 0 Å². The van der Waals surface area contributed by atoms with Crippen molar-refractivity contribution in [3.63, 3.8) is 0 Å². The number of hydrogen-bond donors (Lipinski definition) is 1. The van der Waals surface area contributed by atoms with Crippen LogP contribution in [-0.2, 0) is 13.0 Å². The SMILES string of the molecule is CCNC(=NCCCn1ccnc1)N1CCC(Cc2ccccc2)C1. The Hall–Kier alpha value is -2.30. The van der Waals surface area contributed by atoms with Gasteiger partial charge < -0.3 is 14.8 Å². The zero-order valence-corrected chi connectivity index (χ0v) is 15.1. The lowest BCUT2D eigenvalue weighted by Crippen LogP contribution is -2.40. The first-order chi connectivity index (χ1) is 12.3. The van der Waals surface area contributed by atoms with Crippen LogP contribution in [-0.4, -0.2) is 46.6 Å². The van der Waals surface area contributed by atoms with Crippen molar-refractivity contribution in [1.29, 1.82) is 0 Å². The smallest absolute Gasteiger partial charge is 0.193 e. The molecule has 1 unspecified atom stereocenters. The first-order valence-corrected chi connectivity index (χ1v) is 9.38. The molecule has 0 aliphatic carbocycles. The number of hydrogen-bond acceptors (Lipinski definition) is 2. The summed E-state index contributed by atoms with van der Waals surface area (Å²) >= 11 is 0. The largest absolute Gasteiger partial charge is 0.357 e. The summed E-state index contributed by atoms with van der Waals surface area (Å²) in [6.45, 7) is 7.08. The molecule has 0 bridgehead atoms. The average molecular weight is 339 g/mol. The highest BCUT2D eigenvalue weighted by Gasteiger charge is 2.24. The highest BCUT2D eigenvalue weighted by Crippen LogP contribution is 2.20. The minimum Gasteiger partial charge on any atom is -0.357 e. The Morgan fingerprint density at radius 1 is 1.32 bits per heavy atom. The quantitative estimate of drug-likeness (QED) is 0.479. The molecule has 0 spiro atoms. The van der Waals surface area contributed by atoms with Gasteiger partial charge >= 0.3 is 0 Å². The van der Waals surface area contributed by atoms with E-state index in [1.54, 1.807) is 0 Å². The Morgan fingerprint density at radius 2 is 2.20 bits per heavy atom. The second-order valence-corrected chi connectivity index (χ2v) is 6.68. The number of guanidine groups is 1. The lowest BCUT2D eigenvalue weighted by molar-refractivity contribution is 0.459. The van der Waals surface area contributed by atoms with Gasteiger partial charge in [0.15, 0.2) is 5.96 Å². The molecule has 0 radical (unpaired) electrons. The first-order valence-electron chi connectivity index (χ1n) is 9.38. The van der Waals surface area contributed by atoms with Gasteiger partial charge in [-0.3, -0.25) is 4.99 Å². The van der Waals surface area contributed by atoms with Crippen molar-refractivity contribution in [1.82, 2.24) is 19.8 Å². The molecule has 1 N–H and O–H groups in total. The lowest BCUT2D eigenvalue weighted by atomic mass is 9.99. The fraction of sp³-hybridized carbons (Fsp3) is 0.500. The van der Waals surface area contributed by atoms with Crippen molar-refractivity contribution in [2.45, 2.75) is 32.7 Å². The van der Waals surface area contributed by atoms with Gasteiger partial charge in [0.05, 0.1) is 6.33 Å². The van der Waals surface area contributed by atoms with Gasteiger partial charge in [-0.15, -0.1) is 0 Å². The van der Waals surface area contributed by atoms with Crippen molar-refractivity contribution in [2.24, 2.45) is 10.9 Å². The van der Waals surface area contributed by atoms with Gasteiger partial charge in [-0.05, 0) is 37.7 Å². The normalized spacial score (nSPS) is 17.9. The topological polar surface area (TPSA) is 45.5 Å². The van der Waals surface area contributed by atoms with E-state index < -0.39 is 0 Å². The van der Waals surface area contributed by atoms with Gasteiger partial charge in [0.1, 0.15) is 0 Å². The highest BCUT2D eigenvalue weighted by molar-refractivity contribution is 5.80. The summed E-state index contributed by atoms with van der Waals surface area (Å²) in [5.74, 6) is 1.79. The van der Waals surface area contributed by atoms with Crippen molar-refractivity contribution < 1.29 is 0 Å². The highest BCUT2D eigenvalue weighted by atomic mass is 15.3. The van der Waals surface area contributed by atoms with Crippen LogP contribution in [0.2, 0.25) is 0 Å². The Morgan fingerprint density at radius 3 is 2.96 bits per heavy atom. The molecule has 25 heavy (non-hydrogen) atoms. The summed E-state index contributed by atoms with van der Waals surface area (Å²) in [6, 6.07) is 10.8. The molecule has 5 nitrogen and oxygen atoms in total. The maximum Gasteiger partial charge on any atom is 0.193 e. The minimum atomic E-state index is 0.720. The van der Waals surface area contributed by atoms with E-state index in [0.717, 1.165) is 57.4 Å². The van der Waals surface area contributed by atoms with Crippen LogP contribution in [0.15, 0.2) is 54.0 Å². The molecule has 5 heteroatoms. The molecular formula is C20H29N5. The standard InChI is InChI=1S/C20H29N5/c1-2-22-20(23-10-6-12-24-14-11-21-17-24)25-13-9-19(16-25)15-18-7-4-3-5-8-18/h3-5,7-8,11,14,17,19H,2,6,9-10,12-13,15-16H2,1H3,(H,22,23). The molecule has 0 amide bonds. The zero-order valence-electron chi connectivity index (χ0n) is 15.1. The van der Waals surface area contributed by atoms with Crippen molar-refractivity contribution in [3.05, 3.63) is 54.6 Å². The molecule has 1 aliphatic rings. The van der Waals surface area contributed by atoms with Crippen LogP contribution in [0.25, 0.3) is 0 Å². The molecule has 1 aromatic carbocycles. The number of nitrogens with one attached hydrogen (secondary N) is 1. The number of likely N-dealkylation sites (tertiary alicyclic amines) is 1. The van der Waals surface area contributed by atoms with Crippen LogP contribution in [0.4, 0.5) is 0 Å². The van der Waals surface area contributed by atoms with E-state index in [4.69, 9.17) is 4.99 Å². The molecule has 2 aromatic rings. The summed E-state index contributed by atoms with van der Waals surface area (Å²) in [4.78, 5) is 11.3. The molecule has 0 saturated carbocycles. The maximum absolute atomic E-state index is 4.83. The molecule has 1 saturated heterocycles. The summed E-state index contributed by atoms with van der Waals surface area (Å²) in [5, 5.41) is 3.46. The maximum atomic E-state index is 4.83. The number of benzene rings is 1. The number of aryl methyl sites for hydroxylation is 1. The molecule has 1 atom stereocenters. The van der Waals surface area contributed by atoms with Crippen molar-refractivity contribution in [3.8, 4) is 0 Å². The van der Waals surface area contributed by atoms with Crippen LogP contribution in [0, 0.1) is 5.92 Å². The number of rotatable bonds is 7. The Kier molecular flexibility index (Phi) is 6.48. The van der Waals surface area contributed by atoms with Gasteiger partial charge in [0.25, 0.3) is 0 Å². The van der Waals surface area contributed by atoms with Crippen LogP contribution >= 0.6 is 0 Å². The average Bonchev–Trinajstić information content (AvgIpc) is 3.31. The molecule has 1 aromatic heterocycles. The van der Waals surface area contributed by atoms with E-state index in [2.05, 4.69) is 57.0 Å². The fourth-order valence-electron chi connectivity index (χ4n) is 3.42. The Labute approximate surface area is 150 Å². The molecule has 2 heterocycles. The second kappa shape index (κ2) is 9.25. The third-order valence-electron chi connectivity index (χ3n) is 4.68. The van der Waals surface area contributed by atoms with E-state index in [1.165, 1.54) is 12.0 Å². The van der Waals surface area contributed by atoms with Gasteiger partial charge in [0, 0.05) is 45.1 Å². The van der Waals surface area contributed by atoms with Crippen molar-refractivity contribution in [2.75, 3.05) is 26.2 Å². The third-order valence-corrected chi connectivity index (χ3v) is 4.68. The summed E-state index contributed by atoms with van der Waals surface area (Å²) in [6.07, 6.45) is 9.13. The number of imidazole rings is 1. The summed E-state index contributed by atoms with van der Waals surface area (Å²) in [7, 11) is 0. The van der Waals surface area contributed by atoms with E-state index in [0.29, 0.717) is 0 Å². The van der Waals surface area contributed by atoms with E-state index >= 15 is 0 Å². The first kappa shape index (κ1) is 17.5. The minimum absolute atomic E-state index is 0.720. The van der Waals surface area contributed by atoms with Crippen molar-refractivity contribution >= 4 is 5.96 Å². The predicted molar refractivity (Wildman–Crippen MR) is 103 cm³/mol. The third kappa shape index (κ3) is 5.34. The Balaban J connectivity index is 1.49. The summed E-state index contributed by atoms with van der Waals surface area (Å²) < 4.78 is 2.11. The number of aromatic nitrogens is 2. The number of nitrogens with zero attached hydrogens (tertiary/aromatic N) is 4. The molecule has 1 aliphatic heterocycles. The van der Waals surface area contributed by atoms with Gasteiger partial charge in [-0.2, -0.15) is 0 Å². The lowest BCUT2D eigenvalue weighted by Gasteiger charge is -2.21. The summed E-state index contributed by atoms with van der Waals surface area (Å²) in [5.41, 5.74) is 1.44. The van der Waals surface area contributed by atoms with Crippen LogP contribution in [0.5, 0.6) is 0 Å². The molecular weight excluding hydrogens is 310 g/mol. The monoisotopic (exact) mass is 339 g/mol. The van der Waals surface area contributed by atoms with Crippen LogP contribution in [0.1, 0.15) is 25.3 Å². The zero-order chi connectivity index (χ0) is 17.3. The van der Waals surface area contributed by atoms with Gasteiger partial charge in [-0.1, -0.05) is 30.3 Å². The van der Waals surface area contributed by atoms with E-state index in [1.807, 2.05) is 18.7 Å². The molecule has 1 fully saturated rings. The fourth-order valence-corrected chi connectivity index (χ4v) is 3.42. The second-order valence-electron chi connectivity index (χ2n) is 6.68.